The number of H-pyrrole nitrogens is 2. The van der Waals surface area contributed by atoms with E-state index in [4.69, 9.17) is 9.84 Å². The Morgan fingerprint density at radius 1 is 1.24 bits per heavy atom. The third-order valence-electron chi connectivity index (χ3n) is 7.34. The molecule has 2 aromatic heterocycles. The summed E-state index contributed by atoms with van der Waals surface area (Å²) in [5.74, 6) is 0.474. The molecule has 1 saturated heterocycles. The van der Waals surface area contributed by atoms with Crippen molar-refractivity contribution >= 4 is 17.0 Å². The topological polar surface area (TPSA) is 86.0 Å². The highest BCUT2D eigenvalue weighted by atomic mass is 16.5. The van der Waals surface area contributed by atoms with Gasteiger partial charge in [-0.25, -0.2) is 0 Å². The Labute approximate surface area is 196 Å². The zero-order valence-corrected chi connectivity index (χ0v) is 20.6. The molecule has 0 spiro atoms. The van der Waals surface area contributed by atoms with Crippen LogP contribution in [0.3, 0.4) is 0 Å². The number of ether oxygens (including phenoxy) is 1. The molecule has 1 aliphatic rings. The van der Waals surface area contributed by atoms with Gasteiger partial charge < -0.3 is 20.1 Å². The number of fused-ring (bicyclic) bond motifs is 1. The van der Waals surface area contributed by atoms with Crippen LogP contribution < -0.4 is 5.32 Å². The monoisotopic (exact) mass is 450 g/mol. The van der Waals surface area contributed by atoms with E-state index in [1.165, 1.54) is 10.9 Å². The molecule has 1 fully saturated rings. The molecule has 0 radical (unpaired) electrons. The number of hydrogen-bond donors (Lipinski definition) is 4. The van der Waals surface area contributed by atoms with E-state index in [1.54, 1.807) is 7.11 Å². The predicted molar refractivity (Wildman–Crippen MR) is 135 cm³/mol. The van der Waals surface area contributed by atoms with E-state index in [2.05, 4.69) is 53.5 Å². The van der Waals surface area contributed by atoms with Gasteiger partial charge in [-0.2, -0.15) is 5.10 Å². The number of rotatable bonds is 8. The van der Waals surface area contributed by atoms with Crippen molar-refractivity contribution in [3.05, 3.63) is 46.2 Å². The third-order valence-corrected chi connectivity index (χ3v) is 7.34. The lowest BCUT2D eigenvalue weighted by Crippen LogP contribution is -2.26. The number of aliphatic hydroxyl groups is 1. The van der Waals surface area contributed by atoms with Crippen LogP contribution in [-0.4, -0.2) is 47.1 Å². The van der Waals surface area contributed by atoms with Gasteiger partial charge in [0.2, 0.25) is 0 Å². The van der Waals surface area contributed by atoms with E-state index in [0.717, 1.165) is 65.2 Å². The summed E-state index contributed by atoms with van der Waals surface area (Å²) in [5.41, 5.74) is 7.97. The van der Waals surface area contributed by atoms with Crippen LogP contribution in [-0.2, 0) is 10.3 Å². The van der Waals surface area contributed by atoms with Gasteiger partial charge in [-0.1, -0.05) is 26.0 Å². The first-order valence-corrected chi connectivity index (χ1v) is 12.2. The average molecular weight is 451 g/mol. The third kappa shape index (κ3) is 4.52. The molecule has 4 N–H and O–H groups in total. The minimum Gasteiger partial charge on any atom is -0.385 e. The van der Waals surface area contributed by atoms with Gasteiger partial charge in [-0.05, 0) is 87.4 Å². The van der Waals surface area contributed by atoms with Crippen molar-refractivity contribution in [2.24, 2.45) is 0 Å². The van der Waals surface area contributed by atoms with Crippen LogP contribution in [0.15, 0.2) is 23.8 Å². The van der Waals surface area contributed by atoms with Crippen LogP contribution in [0.25, 0.3) is 28.4 Å². The van der Waals surface area contributed by atoms with E-state index < -0.39 is 5.60 Å². The molecule has 3 aromatic rings. The lowest BCUT2D eigenvalue weighted by Gasteiger charge is -2.26. The smallest absolute Gasteiger partial charge is 0.112 e. The molecule has 0 atom stereocenters. The molecular weight excluding hydrogens is 412 g/mol. The fourth-order valence-corrected chi connectivity index (χ4v) is 5.20. The van der Waals surface area contributed by atoms with Crippen molar-refractivity contribution in [2.45, 2.75) is 64.9 Å². The number of aromatic amines is 2. The summed E-state index contributed by atoms with van der Waals surface area (Å²) in [6.07, 6.45) is 5.72. The Morgan fingerprint density at radius 2 is 1.97 bits per heavy atom. The summed E-state index contributed by atoms with van der Waals surface area (Å²) >= 11 is 0. The first kappa shape index (κ1) is 23.7. The molecule has 3 heterocycles. The first-order valence-electron chi connectivity index (χ1n) is 12.2. The Bertz CT molecular complexity index is 1130. The van der Waals surface area contributed by atoms with Crippen LogP contribution >= 0.6 is 0 Å². The van der Waals surface area contributed by atoms with Gasteiger partial charge >= 0.3 is 0 Å². The SMILES string of the molecule is CCC(O)(CC)c1ccc2c(C3CCNCC3)c(-c3n[nH]c(/C=C(\C)COC)c3C)[nH]c2c1. The summed E-state index contributed by atoms with van der Waals surface area (Å²) in [6.45, 7) is 10.9. The average Bonchev–Trinajstić information content (AvgIpc) is 3.38. The quantitative estimate of drug-likeness (QED) is 0.371. The van der Waals surface area contributed by atoms with Gasteiger partial charge in [0.05, 0.1) is 23.6 Å². The molecule has 6 nitrogen and oxygen atoms in total. The highest BCUT2D eigenvalue weighted by Crippen LogP contribution is 2.41. The Kier molecular flexibility index (Phi) is 7.07. The van der Waals surface area contributed by atoms with Gasteiger partial charge in [0.15, 0.2) is 0 Å². The normalized spacial score (nSPS) is 16.1. The highest BCUT2D eigenvalue weighted by Gasteiger charge is 2.29. The maximum atomic E-state index is 11.1. The fraction of sp³-hybridized carbons (Fsp3) is 0.519. The summed E-state index contributed by atoms with van der Waals surface area (Å²) < 4.78 is 5.27. The zero-order chi connectivity index (χ0) is 23.6. The number of methoxy groups -OCH3 is 1. The van der Waals surface area contributed by atoms with Crippen LogP contribution in [0.1, 0.15) is 74.8 Å². The minimum absolute atomic E-state index is 0.474. The van der Waals surface area contributed by atoms with Crippen LogP contribution in [0.5, 0.6) is 0 Å². The molecule has 0 amide bonds. The molecule has 0 saturated carbocycles. The fourth-order valence-electron chi connectivity index (χ4n) is 5.20. The van der Waals surface area contributed by atoms with Crippen molar-refractivity contribution in [3.63, 3.8) is 0 Å². The number of benzene rings is 1. The number of piperidine rings is 1. The van der Waals surface area contributed by atoms with E-state index in [-0.39, 0.29) is 0 Å². The summed E-state index contributed by atoms with van der Waals surface area (Å²) in [7, 11) is 1.71. The second-order valence-electron chi connectivity index (χ2n) is 9.47. The van der Waals surface area contributed by atoms with Crippen LogP contribution in [0.4, 0.5) is 0 Å². The molecule has 0 unspecified atom stereocenters. The Morgan fingerprint density at radius 3 is 2.64 bits per heavy atom. The lowest BCUT2D eigenvalue weighted by atomic mass is 9.85. The first-order chi connectivity index (χ1) is 15.9. The highest BCUT2D eigenvalue weighted by molar-refractivity contribution is 5.92. The summed E-state index contributed by atoms with van der Waals surface area (Å²) in [4.78, 5) is 3.71. The molecule has 0 aliphatic carbocycles. The predicted octanol–water partition coefficient (Wildman–Crippen LogP) is 5.39. The van der Waals surface area contributed by atoms with Crippen molar-refractivity contribution in [2.75, 3.05) is 26.8 Å². The lowest BCUT2D eigenvalue weighted by molar-refractivity contribution is 0.0285. The second-order valence-corrected chi connectivity index (χ2v) is 9.47. The second kappa shape index (κ2) is 9.84. The molecular formula is C27H38N4O2. The minimum atomic E-state index is -0.798. The van der Waals surface area contributed by atoms with Gasteiger partial charge in [0.25, 0.3) is 0 Å². The van der Waals surface area contributed by atoms with Crippen LogP contribution in [0.2, 0.25) is 0 Å². The molecule has 4 rings (SSSR count). The molecule has 1 aromatic carbocycles. The van der Waals surface area contributed by atoms with Crippen molar-refractivity contribution in [1.29, 1.82) is 0 Å². The van der Waals surface area contributed by atoms with E-state index in [0.29, 0.717) is 25.4 Å². The van der Waals surface area contributed by atoms with Crippen LogP contribution in [0, 0.1) is 6.92 Å². The van der Waals surface area contributed by atoms with E-state index >= 15 is 0 Å². The number of nitrogens with zero attached hydrogens (tertiary/aromatic N) is 1. The zero-order valence-electron chi connectivity index (χ0n) is 20.6. The molecule has 33 heavy (non-hydrogen) atoms. The van der Waals surface area contributed by atoms with Crippen molar-refractivity contribution in [3.8, 4) is 11.4 Å². The number of hydrogen-bond acceptors (Lipinski definition) is 4. The Hall–Kier alpha value is -2.41. The van der Waals surface area contributed by atoms with Gasteiger partial charge in [-0.3, -0.25) is 5.10 Å². The van der Waals surface area contributed by atoms with Gasteiger partial charge in [0, 0.05) is 23.6 Å². The largest absolute Gasteiger partial charge is 0.385 e. The van der Waals surface area contributed by atoms with E-state index in [9.17, 15) is 5.11 Å². The summed E-state index contributed by atoms with van der Waals surface area (Å²) in [5, 5.41) is 23.8. The maximum absolute atomic E-state index is 11.1. The number of aromatic nitrogens is 3. The molecule has 178 valence electrons. The van der Waals surface area contributed by atoms with Crippen molar-refractivity contribution < 1.29 is 9.84 Å². The number of nitrogens with one attached hydrogen (secondary N) is 3. The molecule has 6 heteroatoms. The molecule has 1 aliphatic heterocycles. The summed E-state index contributed by atoms with van der Waals surface area (Å²) in [6, 6.07) is 6.45. The van der Waals surface area contributed by atoms with Crippen molar-refractivity contribution in [1.82, 2.24) is 20.5 Å². The van der Waals surface area contributed by atoms with E-state index in [1.807, 2.05) is 13.8 Å². The van der Waals surface area contributed by atoms with Gasteiger partial charge in [0.1, 0.15) is 5.69 Å². The standard InChI is InChI=1S/C27H38N4O2/c1-6-27(32,7-2)20-8-9-21-23(15-20)29-26(24(21)19-10-12-28-13-11-19)25-18(4)22(30-31-25)14-17(3)16-33-5/h8-9,14-15,19,28-29,32H,6-7,10-13,16H2,1-5H3,(H,30,31)/b17-14+. The Balaban J connectivity index is 1.86. The van der Waals surface area contributed by atoms with Gasteiger partial charge in [-0.15, -0.1) is 0 Å². The maximum Gasteiger partial charge on any atom is 0.112 e. The molecule has 0 bridgehead atoms.